The van der Waals surface area contributed by atoms with Crippen LogP contribution in [0.25, 0.3) is 0 Å². The van der Waals surface area contributed by atoms with Gasteiger partial charge in [-0.2, -0.15) is 0 Å². The zero-order valence-electron chi connectivity index (χ0n) is 9.37. The summed E-state index contributed by atoms with van der Waals surface area (Å²) in [5.41, 5.74) is 0.954. The van der Waals surface area contributed by atoms with Crippen LogP contribution in [0.5, 0.6) is 0 Å². The summed E-state index contributed by atoms with van der Waals surface area (Å²) in [6.45, 7) is 7.64. The van der Waals surface area contributed by atoms with E-state index in [9.17, 15) is 4.79 Å². The molecule has 0 aliphatic heterocycles. The van der Waals surface area contributed by atoms with Crippen LogP contribution in [-0.2, 0) is 4.79 Å². The molecule has 1 atom stereocenters. The summed E-state index contributed by atoms with van der Waals surface area (Å²) in [6, 6.07) is -0.574. The van der Waals surface area contributed by atoms with Gasteiger partial charge in [0.05, 0.1) is 5.69 Å². The normalized spacial score (nSPS) is 12.9. The van der Waals surface area contributed by atoms with Gasteiger partial charge in [0, 0.05) is 4.88 Å². The number of carboxylic acid groups (broad SMARTS) is 1. The van der Waals surface area contributed by atoms with Crippen LogP contribution in [0, 0.1) is 19.8 Å². The van der Waals surface area contributed by atoms with Crippen LogP contribution in [0.4, 0.5) is 5.13 Å². The Morgan fingerprint density at radius 3 is 2.40 bits per heavy atom. The number of aromatic nitrogens is 1. The first-order valence-corrected chi connectivity index (χ1v) is 5.67. The van der Waals surface area contributed by atoms with E-state index >= 15 is 0 Å². The second kappa shape index (κ2) is 4.61. The lowest BCUT2D eigenvalue weighted by atomic mass is 10.1. The van der Waals surface area contributed by atoms with Crippen LogP contribution in [0.2, 0.25) is 0 Å². The van der Waals surface area contributed by atoms with Gasteiger partial charge in [0.15, 0.2) is 5.13 Å². The van der Waals surface area contributed by atoms with Crippen molar-refractivity contribution in [2.75, 3.05) is 5.32 Å². The predicted octanol–water partition coefficient (Wildman–Crippen LogP) is 2.28. The summed E-state index contributed by atoms with van der Waals surface area (Å²) in [5, 5.41) is 12.6. The largest absolute Gasteiger partial charge is 0.480 e. The van der Waals surface area contributed by atoms with Crippen molar-refractivity contribution in [1.29, 1.82) is 0 Å². The van der Waals surface area contributed by atoms with Gasteiger partial charge < -0.3 is 10.4 Å². The minimum atomic E-state index is -0.837. The fraction of sp³-hybridized carbons (Fsp3) is 0.600. The number of hydrogen-bond acceptors (Lipinski definition) is 4. The molecule has 0 bridgehead atoms. The van der Waals surface area contributed by atoms with Crippen LogP contribution in [-0.4, -0.2) is 22.1 Å². The first kappa shape index (κ1) is 12.0. The van der Waals surface area contributed by atoms with E-state index in [1.54, 1.807) is 0 Å². The summed E-state index contributed by atoms with van der Waals surface area (Å²) in [4.78, 5) is 16.3. The van der Waals surface area contributed by atoms with Crippen LogP contribution < -0.4 is 5.32 Å². The van der Waals surface area contributed by atoms with Gasteiger partial charge in [-0.05, 0) is 19.8 Å². The highest BCUT2D eigenvalue weighted by atomic mass is 32.1. The number of aliphatic carboxylic acids is 1. The predicted molar refractivity (Wildman–Crippen MR) is 61.5 cm³/mol. The third-order valence-electron chi connectivity index (χ3n) is 2.24. The van der Waals surface area contributed by atoms with Crippen LogP contribution in [0.15, 0.2) is 0 Å². The zero-order chi connectivity index (χ0) is 11.6. The van der Waals surface area contributed by atoms with Gasteiger partial charge in [-0.15, -0.1) is 11.3 Å². The van der Waals surface area contributed by atoms with Gasteiger partial charge in [0.2, 0.25) is 0 Å². The molecule has 0 aliphatic carbocycles. The van der Waals surface area contributed by atoms with Gasteiger partial charge in [-0.25, -0.2) is 9.78 Å². The number of carboxylic acids is 1. The highest BCUT2D eigenvalue weighted by Gasteiger charge is 2.22. The lowest BCUT2D eigenvalue weighted by Crippen LogP contribution is -2.34. The van der Waals surface area contributed by atoms with Crippen molar-refractivity contribution in [3.05, 3.63) is 10.6 Å². The standard InChI is InChI=1S/C10H16N2O2S/c1-5(2)8(9(13)14)12-10-11-6(3)7(4)15-10/h5,8H,1-4H3,(H,11,12)(H,13,14). The Morgan fingerprint density at radius 1 is 1.47 bits per heavy atom. The van der Waals surface area contributed by atoms with E-state index in [0.717, 1.165) is 10.6 Å². The summed E-state index contributed by atoms with van der Waals surface area (Å²) >= 11 is 1.49. The fourth-order valence-corrected chi connectivity index (χ4v) is 2.03. The van der Waals surface area contributed by atoms with Gasteiger partial charge in [0.1, 0.15) is 6.04 Å². The Bertz CT molecular complexity index is 341. The van der Waals surface area contributed by atoms with Gasteiger partial charge in [-0.1, -0.05) is 13.8 Å². The van der Waals surface area contributed by atoms with E-state index in [0.29, 0.717) is 5.13 Å². The fourth-order valence-electron chi connectivity index (χ4n) is 1.18. The van der Waals surface area contributed by atoms with Crippen LogP contribution in [0.3, 0.4) is 0 Å². The molecule has 15 heavy (non-hydrogen) atoms. The van der Waals surface area contributed by atoms with Crippen LogP contribution in [0.1, 0.15) is 24.4 Å². The molecule has 1 aromatic rings. The van der Waals surface area contributed by atoms with Crippen molar-refractivity contribution in [3.63, 3.8) is 0 Å². The quantitative estimate of drug-likeness (QED) is 0.830. The molecule has 1 rings (SSSR count). The summed E-state index contributed by atoms with van der Waals surface area (Å²) < 4.78 is 0. The molecule has 0 saturated carbocycles. The maximum Gasteiger partial charge on any atom is 0.326 e. The number of hydrogen-bond donors (Lipinski definition) is 2. The molecular formula is C10H16N2O2S. The topological polar surface area (TPSA) is 62.2 Å². The molecule has 0 spiro atoms. The first-order valence-electron chi connectivity index (χ1n) is 4.85. The highest BCUT2D eigenvalue weighted by molar-refractivity contribution is 7.15. The Hall–Kier alpha value is -1.10. The SMILES string of the molecule is Cc1nc(NC(C(=O)O)C(C)C)sc1C. The lowest BCUT2D eigenvalue weighted by Gasteiger charge is -2.16. The summed E-state index contributed by atoms with van der Waals surface area (Å²) in [6.07, 6.45) is 0. The molecule has 84 valence electrons. The maximum atomic E-state index is 11.0. The Labute approximate surface area is 93.4 Å². The van der Waals surface area contributed by atoms with Crippen molar-refractivity contribution in [1.82, 2.24) is 4.98 Å². The number of aryl methyl sites for hydroxylation is 2. The van der Waals surface area contributed by atoms with E-state index < -0.39 is 12.0 Å². The molecule has 2 N–H and O–H groups in total. The van der Waals surface area contributed by atoms with E-state index in [2.05, 4.69) is 10.3 Å². The number of nitrogens with zero attached hydrogens (tertiary/aromatic N) is 1. The first-order chi connectivity index (χ1) is 6.91. The minimum absolute atomic E-state index is 0.0343. The van der Waals surface area contributed by atoms with Crippen molar-refractivity contribution in [2.45, 2.75) is 33.7 Å². The average molecular weight is 228 g/mol. The molecule has 5 heteroatoms. The highest BCUT2D eigenvalue weighted by Crippen LogP contribution is 2.23. The smallest absolute Gasteiger partial charge is 0.326 e. The Balaban J connectivity index is 2.79. The number of nitrogens with one attached hydrogen (secondary N) is 1. The molecular weight excluding hydrogens is 212 g/mol. The van der Waals surface area contributed by atoms with Crippen molar-refractivity contribution in [3.8, 4) is 0 Å². The van der Waals surface area contributed by atoms with Crippen molar-refractivity contribution < 1.29 is 9.90 Å². The summed E-state index contributed by atoms with van der Waals surface area (Å²) in [5.74, 6) is -0.803. The molecule has 1 unspecified atom stereocenters. The molecule has 4 nitrogen and oxygen atoms in total. The molecule has 0 aromatic carbocycles. The number of anilines is 1. The van der Waals surface area contributed by atoms with Gasteiger partial charge >= 0.3 is 5.97 Å². The van der Waals surface area contributed by atoms with E-state index in [1.165, 1.54) is 11.3 Å². The number of thiazole rings is 1. The lowest BCUT2D eigenvalue weighted by molar-refractivity contribution is -0.138. The molecule has 0 amide bonds. The minimum Gasteiger partial charge on any atom is -0.480 e. The number of carbonyl (C=O) groups is 1. The monoisotopic (exact) mass is 228 g/mol. The van der Waals surface area contributed by atoms with Gasteiger partial charge in [0.25, 0.3) is 0 Å². The van der Waals surface area contributed by atoms with Crippen molar-refractivity contribution >= 4 is 22.4 Å². The van der Waals surface area contributed by atoms with Crippen LogP contribution >= 0.6 is 11.3 Å². The van der Waals surface area contributed by atoms with Crippen molar-refractivity contribution in [2.24, 2.45) is 5.92 Å². The molecule has 0 aliphatic rings. The Kier molecular flexibility index (Phi) is 3.68. The second-order valence-electron chi connectivity index (χ2n) is 3.86. The zero-order valence-corrected chi connectivity index (χ0v) is 10.2. The molecule has 0 saturated heterocycles. The molecule has 1 heterocycles. The summed E-state index contributed by atoms with van der Waals surface area (Å²) in [7, 11) is 0. The van der Waals surface area contributed by atoms with E-state index in [4.69, 9.17) is 5.11 Å². The van der Waals surface area contributed by atoms with Gasteiger partial charge in [-0.3, -0.25) is 0 Å². The maximum absolute atomic E-state index is 11.0. The third kappa shape index (κ3) is 2.92. The number of rotatable bonds is 4. The molecule has 0 fully saturated rings. The van der Waals surface area contributed by atoms with E-state index in [1.807, 2.05) is 27.7 Å². The Morgan fingerprint density at radius 2 is 2.07 bits per heavy atom. The van der Waals surface area contributed by atoms with E-state index in [-0.39, 0.29) is 5.92 Å². The third-order valence-corrected chi connectivity index (χ3v) is 3.24. The second-order valence-corrected chi connectivity index (χ2v) is 5.07. The molecule has 0 radical (unpaired) electrons. The average Bonchev–Trinajstić information content (AvgIpc) is 2.41. The molecule has 1 aromatic heterocycles.